The molecular formula is C14H22N2O4S. The molecule has 0 heterocycles. The fraction of sp³-hybridized carbons (Fsp3) is 0.500. The van der Waals surface area contributed by atoms with E-state index >= 15 is 0 Å². The molecule has 0 radical (unpaired) electrons. The van der Waals surface area contributed by atoms with Crippen LogP contribution in [0.1, 0.15) is 32.3 Å². The van der Waals surface area contributed by atoms with Gasteiger partial charge < -0.3 is 10.4 Å². The highest BCUT2D eigenvalue weighted by Gasteiger charge is 2.17. The Morgan fingerprint density at radius 1 is 1.38 bits per heavy atom. The number of carbonyl (C=O) groups is 1. The molecule has 6 nitrogen and oxygen atoms in total. The molecule has 21 heavy (non-hydrogen) atoms. The SMILES string of the molecule is CCC(O)CCNS(=O)(=O)c1cc(NC(C)=O)ccc1C. The van der Waals surface area contributed by atoms with Gasteiger partial charge in [0.25, 0.3) is 0 Å². The zero-order chi connectivity index (χ0) is 16.0. The van der Waals surface area contributed by atoms with E-state index in [0.717, 1.165) is 0 Å². The fourth-order valence-electron chi connectivity index (χ4n) is 1.81. The van der Waals surface area contributed by atoms with Crippen molar-refractivity contribution in [1.29, 1.82) is 0 Å². The molecule has 0 bridgehead atoms. The van der Waals surface area contributed by atoms with Gasteiger partial charge in [0, 0.05) is 19.2 Å². The lowest BCUT2D eigenvalue weighted by Gasteiger charge is -2.12. The van der Waals surface area contributed by atoms with E-state index < -0.39 is 16.1 Å². The molecule has 3 N–H and O–H groups in total. The molecule has 1 rings (SSSR count). The maximum atomic E-state index is 12.3. The maximum absolute atomic E-state index is 12.3. The maximum Gasteiger partial charge on any atom is 0.240 e. The van der Waals surface area contributed by atoms with E-state index in [-0.39, 0.29) is 17.3 Å². The molecule has 1 unspecified atom stereocenters. The van der Waals surface area contributed by atoms with Gasteiger partial charge in [-0.2, -0.15) is 0 Å². The number of aryl methyl sites for hydroxylation is 1. The second kappa shape index (κ2) is 7.53. The molecule has 0 saturated heterocycles. The van der Waals surface area contributed by atoms with Gasteiger partial charge in [0.1, 0.15) is 0 Å². The van der Waals surface area contributed by atoms with Crippen molar-refractivity contribution in [3.05, 3.63) is 23.8 Å². The topological polar surface area (TPSA) is 95.5 Å². The molecular weight excluding hydrogens is 292 g/mol. The van der Waals surface area contributed by atoms with E-state index in [2.05, 4.69) is 10.0 Å². The number of hydrogen-bond acceptors (Lipinski definition) is 4. The normalized spacial score (nSPS) is 13.0. The van der Waals surface area contributed by atoms with E-state index in [1.807, 2.05) is 6.92 Å². The van der Waals surface area contributed by atoms with Gasteiger partial charge >= 0.3 is 0 Å². The molecule has 0 aliphatic carbocycles. The van der Waals surface area contributed by atoms with Gasteiger partial charge in [0.2, 0.25) is 15.9 Å². The number of amides is 1. The summed E-state index contributed by atoms with van der Waals surface area (Å²) in [7, 11) is -3.67. The molecule has 0 aromatic heterocycles. The van der Waals surface area contributed by atoms with Crippen molar-refractivity contribution >= 4 is 21.6 Å². The van der Waals surface area contributed by atoms with Gasteiger partial charge in [-0.15, -0.1) is 0 Å². The molecule has 118 valence electrons. The van der Waals surface area contributed by atoms with Crippen molar-refractivity contribution in [2.75, 3.05) is 11.9 Å². The highest BCUT2D eigenvalue weighted by Crippen LogP contribution is 2.20. The molecule has 0 fully saturated rings. The third-order valence-electron chi connectivity index (χ3n) is 3.04. The lowest BCUT2D eigenvalue weighted by molar-refractivity contribution is -0.114. The molecule has 1 aromatic carbocycles. The molecule has 0 aliphatic rings. The van der Waals surface area contributed by atoms with Crippen molar-refractivity contribution in [3.8, 4) is 0 Å². The molecule has 1 aromatic rings. The summed E-state index contributed by atoms with van der Waals surface area (Å²) < 4.78 is 27.0. The summed E-state index contributed by atoms with van der Waals surface area (Å²) in [6.45, 7) is 5.05. The number of aliphatic hydroxyl groups is 1. The van der Waals surface area contributed by atoms with E-state index in [1.54, 1.807) is 19.1 Å². The summed E-state index contributed by atoms with van der Waals surface area (Å²) in [4.78, 5) is 11.2. The number of sulfonamides is 1. The Morgan fingerprint density at radius 3 is 2.62 bits per heavy atom. The van der Waals surface area contributed by atoms with E-state index in [1.165, 1.54) is 13.0 Å². The lowest BCUT2D eigenvalue weighted by atomic mass is 10.2. The van der Waals surface area contributed by atoms with Crippen LogP contribution in [0.4, 0.5) is 5.69 Å². The van der Waals surface area contributed by atoms with Crippen molar-refractivity contribution < 1.29 is 18.3 Å². The van der Waals surface area contributed by atoms with Crippen LogP contribution < -0.4 is 10.0 Å². The van der Waals surface area contributed by atoms with Crippen LogP contribution in [-0.4, -0.2) is 32.1 Å². The Labute approximate surface area is 125 Å². The van der Waals surface area contributed by atoms with Gasteiger partial charge in [0.05, 0.1) is 11.0 Å². The number of carbonyl (C=O) groups excluding carboxylic acids is 1. The van der Waals surface area contributed by atoms with E-state index in [0.29, 0.717) is 24.1 Å². The number of rotatable bonds is 7. The first-order valence-corrected chi connectivity index (χ1v) is 8.30. The summed E-state index contributed by atoms with van der Waals surface area (Å²) >= 11 is 0. The lowest BCUT2D eigenvalue weighted by Crippen LogP contribution is -2.28. The van der Waals surface area contributed by atoms with Gasteiger partial charge in [-0.1, -0.05) is 13.0 Å². The van der Waals surface area contributed by atoms with Crippen LogP contribution in [0.3, 0.4) is 0 Å². The Balaban J connectivity index is 2.88. The summed E-state index contributed by atoms with van der Waals surface area (Å²) in [5.74, 6) is -0.263. The van der Waals surface area contributed by atoms with Crippen LogP contribution >= 0.6 is 0 Å². The first-order valence-electron chi connectivity index (χ1n) is 6.82. The molecule has 1 amide bonds. The monoisotopic (exact) mass is 314 g/mol. The molecule has 0 saturated carbocycles. The Bertz CT molecular complexity index is 599. The third kappa shape index (κ3) is 5.45. The predicted octanol–water partition coefficient (Wildman–Crippen LogP) is 1.39. The first kappa shape index (κ1) is 17.6. The fourth-order valence-corrected chi connectivity index (χ4v) is 3.13. The Hall–Kier alpha value is -1.44. The zero-order valence-corrected chi connectivity index (χ0v) is 13.3. The average Bonchev–Trinajstić information content (AvgIpc) is 2.39. The third-order valence-corrected chi connectivity index (χ3v) is 4.64. The van der Waals surface area contributed by atoms with Gasteiger partial charge in [-0.05, 0) is 37.5 Å². The minimum atomic E-state index is -3.67. The Kier molecular flexibility index (Phi) is 6.32. The van der Waals surface area contributed by atoms with Crippen LogP contribution in [0.15, 0.2) is 23.1 Å². The predicted molar refractivity (Wildman–Crippen MR) is 81.6 cm³/mol. The van der Waals surface area contributed by atoms with Crippen LogP contribution in [0, 0.1) is 6.92 Å². The molecule has 0 spiro atoms. The Morgan fingerprint density at radius 2 is 2.05 bits per heavy atom. The van der Waals surface area contributed by atoms with Crippen molar-refractivity contribution in [1.82, 2.24) is 4.72 Å². The van der Waals surface area contributed by atoms with Crippen LogP contribution in [0.25, 0.3) is 0 Å². The quantitative estimate of drug-likeness (QED) is 0.709. The van der Waals surface area contributed by atoms with E-state index in [4.69, 9.17) is 0 Å². The number of anilines is 1. The molecule has 7 heteroatoms. The van der Waals surface area contributed by atoms with Gasteiger partial charge in [-0.25, -0.2) is 13.1 Å². The smallest absolute Gasteiger partial charge is 0.240 e. The number of benzene rings is 1. The minimum Gasteiger partial charge on any atom is -0.393 e. The molecule has 1 atom stereocenters. The average molecular weight is 314 g/mol. The number of hydrogen-bond donors (Lipinski definition) is 3. The minimum absolute atomic E-state index is 0.125. The van der Waals surface area contributed by atoms with Gasteiger partial charge in [0.15, 0.2) is 0 Å². The van der Waals surface area contributed by atoms with Crippen LogP contribution in [-0.2, 0) is 14.8 Å². The number of aliphatic hydroxyl groups excluding tert-OH is 1. The largest absolute Gasteiger partial charge is 0.393 e. The standard InChI is InChI=1S/C14H22N2O4S/c1-4-13(18)7-8-15-21(19,20)14-9-12(16-11(3)17)6-5-10(14)2/h5-6,9,13,15,18H,4,7-8H2,1-3H3,(H,16,17). The highest BCUT2D eigenvalue weighted by molar-refractivity contribution is 7.89. The summed E-state index contributed by atoms with van der Waals surface area (Å²) in [5.41, 5.74) is 1.02. The highest BCUT2D eigenvalue weighted by atomic mass is 32.2. The summed E-state index contributed by atoms with van der Waals surface area (Å²) in [6.07, 6.45) is 0.429. The summed E-state index contributed by atoms with van der Waals surface area (Å²) in [5, 5.41) is 12.0. The first-order chi connectivity index (χ1) is 9.76. The van der Waals surface area contributed by atoms with Gasteiger partial charge in [-0.3, -0.25) is 4.79 Å². The second-order valence-corrected chi connectivity index (χ2v) is 6.65. The van der Waals surface area contributed by atoms with Crippen LogP contribution in [0.2, 0.25) is 0 Å². The molecule has 0 aliphatic heterocycles. The number of nitrogens with one attached hydrogen (secondary N) is 2. The van der Waals surface area contributed by atoms with Crippen molar-refractivity contribution in [2.45, 2.75) is 44.6 Å². The zero-order valence-electron chi connectivity index (χ0n) is 12.5. The van der Waals surface area contributed by atoms with E-state index in [9.17, 15) is 18.3 Å². The van der Waals surface area contributed by atoms with Crippen LogP contribution in [0.5, 0.6) is 0 Å². The van der Waals surface area contributed by atoms with Crippen molar-refractivity contribution in [3.63, 3.8) is 0 Å². The summed E-state index contributed by atoms with van der Waals surface area (Å²) in [6, 6.07) is 4.71. The second-order valence-electron chi connectivity index (χ2n) is 4.91. The van der Waals surface area contributed by atoms with Crippen molar-refractivity contribution in [2.24, 2.45) is 0 Å².